The van der Waals surface area contributed by atoms with Crippen LogP contribution in [0.1, 0.15) is 19.8 Å². The molecule has 1 heterocycles. The Bertz CT molecular complexity index is 141. The number of hydrogen-bond donors (Lipinski definition) is 0. The van der Waals surface area contributed by atoms with E-state index >= 15 is 0 Å². The molecular weight excluding hydrogens is 167 g/mol. The molecule has 3 nitrogen and oxygen atoms in total. The van der Waals surface area contributed by atoms with Crippen LogP contribution in [0.3, 0.4) is 0 Å². The van der Waals surface area contributed by atoms with E-state index in [1.807, 2.05) is 0 Å². The third kappa shape index (κ3) is 4.53. The fourth-order valence-corrected chi connectivity index (χ4v) is 1.10. The average molecular weight is 184 g/mol. The Morgan fingerprint density at radius 1 is 1.42 bits per heavy atom. The van der Waals surface area contributed by atoms with Crippen LogP contribution in [0.15, 0.2) is 12.4 Å². The van der Waals surface area contributed by atoms with Crippen molar-refractivity contribution in [3.8, 4) is 0 Å². The van der Waals surface area contributed by atoms with Gasteiger partial charge in [-0.05, 0) is 6.42 Å². The Balaban J connectivity index is 0.000000561. The van der Waals surface area contributed by atoms with Gasteiger partial charge in [-0.1, -0.05) is 13.3 Å². The van der Waals surface area contributed by atoms with Crippen LogP contribution in [-0.4, -0.2) is 46.3 Å². The fraction of sp³-hybridized carbons (Fsp3) is 0.750. The molecule has 0 fully saturated rings. The summed E-state index contributed by atoms with van der Waals surface area (Å²) in [7, 11) is 2.10. The summed E-state index contributed by atoms with van der Waals surface area (Å²) < 4.78 is 8.28. The molecule has 0 spiro atoms. The molecule has 0 aromatic rings. The summed E-state index contributed by atoms with van der Waals surface area (Å²) in [6, 6.07) is 0. The first-order valence-corrected chi connectivity index (χ1v) is 4.82. The number of rotatable bonds is 3. The van der Waals surface area contributed by atoms with Gasteiger partial charge in [0.05, 0.1) is 6.67 Å². The van der Waals surface area contributed by atoms with Gasteiger partial charge in [0.25, 0.3) is 0 Å². The first kappa shape index (κ1) is 11.7. The molecule has 0 radical (unpaired) electrons. The van der Waals surface area contributed by atoms with Crippen LogP contribution in [0, 0.1) is 0 Å². The topological polar surface area (TPSA) is 23.6 Å². The summed E-state index contributed by atoms with van der Waals surface area (Å²) in [6.45, 7) is 4.50. The van der Waals surface area contributed by atoms with Gasteiger partial charge in [0.15, 0.2) is 0 Å². The zero-order chi connectivity index (χ0) is 9.40. The third-order valence-electron chi connectivity index (χ3n) is 1.74. The van der Waals surface area contributed by atoms with Gasteiger partial charge < -0.3 is 9.80 Å². The van der Waals surface area contributed by atoms with Crippen molar-refractivity contribution < 1.29 is 3.80 Å². The minimum atomic E-state index is 0.611. The number of nitrogens with zero attached hydrogens (tertiary/aromatic N) is 2. The molecule has 0 aromatic heterocycles. The van der Waals surface area contributed by atoms with Crippen molar-refractivity contribution in [1.29, 1.82) is 0 Å². The standard InChI is InChI=1S/C8H16N2.Al.O.H/c1-3-4-5-10-7-6-9(2)8-10;;;/h6-7H,3-5,8H2,1-2H3;;;. The molecule has 0 amide bonds. The predicted molar refractivity (Wildman–Crippen MR) is 51.2 cm³/mol. The van der Waals surface area contributed by atoms with Crippen LogP contribution >= 0.6 is 0 Å². The molecule has 0 unspecified atom stereocenters. The zero-order valence-corrected chi connectivity index (χ0v) is 9.41. The molecule has 0 N–H and O–H groups in total. The molecule has 4 heteroatoms. The number of hydrogen-bond acceptors (Lipinski definition) is 3. The SMILES string of the molecule is CCCCN1C=CN(C)C1.[O]=[AlH]. The Hall–Kier alpha value is -0.328. The molecule has 0 aromatic carbocycles. The van der Waals surface area contributed by atoms with Crippen LogP contribution in [-0.2, 0) is 3.80 Å². The molecule has 1 rings (SSSR count). The third-order valence-corrected chi connectivity index (χ3v) is 1.74. The monoisotopic (exact) mass is 184 g/mol. The van der Waals surface area contributed by atoms with E-state index in [1.165, 1.54) is 19.4 Å². The first-order chi connectivity index (χ1) is 5.83. The Labute approximate surface area is 82.7 Å². The van der Waals surface area contributed by atoms with Gasteiger partial charge in [0.2, 0.25) is 0 Å². The van der Waals surface area contributed by atoms with Crippen LogP contribution < -0.4 is 0 Å². The van der Waals surface area contributed by atoms with Crippen LogP contribution in [0.5, 0.6) is 0 Å². The molecule has 0 saturated carbocycles. The van der Waals surface area contributed by atoms with E-state index in [0.29, 0.717) is 16.2 Å². The second-order valence-corrected chi connectivity index (χ2v) is 2.86. The van der Waals surface area contributed by atoms with E-state index in [-0.39, 0.29) is 0 Å². The summed E-state index contributed by atoms with van der Waals surface area (Å²) in [5.74, 6) is 0. The average Bonchev–Trinajstić information content (AvgIpc) is 2.51. The van der Waals surface area contributed by atoms with Crippen molar-refractivity contribution in [1.82, 2.24) is 9.80 Å². The van der Waals surface area contributed by atoms with E-state index in [0.717, 1.165) is 6.67 Å². The molecule has 0 saturated heterocycles. The Morgan fingerprint density at radius 2 is 2.08 bits per heavy atom. The molecule has 1 aliphatic rings. The summed E-state index contributed by atoms with van der Waals surface area (Å²) in [4.78, 5) is 4.53. The number of unbranched alkanes of at least 4 members (excludes halogenated alkanes) is 1. The molecular formula is C8H17AlN2O. The second-order valence-electron chi connectivity index (χ2n) is 2.86. The normalized spacial score (nSPS) is 14.4. The van der Waals surface area contributed by atoms with Crippen LogP contribution in [0.4, 0.5) is 0 Å². The summed E-state index contributed by atoms with van der Waals surface area (Å²) >= 11 is 0.611. The summed E-state index contributed by atoms with van der Waals surface area (Å²) in [5, 5.41) is 0. The molecule has 0 aliphatic carbocycles. The van der Waals surface area contributed by atoms with Gasteiger partial charge in [-0.3, -0.25) is 0 Å². The zero-order valence-electron chi connectivity index (χ0n) is 7.99. The van der Waals surface area contributed by atoms with E-state index in [2.05, 4.69) is 36.2 Å². The van der Waals surface area contributed by atoms with E-state index in [4.69, 9.17) is 3.80 Å². The van der Waals surface area contributed by atoms with E-state index in [9.17, 15) is 0 Å². The summed E-state index contributed by atoms with van der Waals surface area (Å²) in [6.07, 6.45) is 6.87. The molecule has 68 valence electrons. The van der Waals surface area contributed by atoms with Crippen LogP contribution in [0.2, 0.25) is 0 Å². The Kier molecular flexibility index (Phi) is 7.13. The first-order valence-electron chi connectivity index (χ1n) is 4.24. The fourth-order valence-electron chi connectivity index (χ4n) is 1.10. The van der Waals surface area contributed by atoms with E-state index in [1.54, 1.807) is 0 Å². The summed E-state index contributed by atoms with van der Waals surface area (Å²) in [5.41, 5.74) is 0. The van der Waals surface area contributed by atoms with Crippen molar-refractivity contribution in [3.63, 3.8) is 0 Å². The van der Waals surface area contributed by atoms with Crippen molar-refractivity contribution in [3.05, 3.63) is 12.4 Å². The van der Waals surface area contributed by atoms with Gasteiger partial charge in [0.1, 0.15) is 0 Å². The van der Waals surface area contributed by atoms with Crippen molar-refractivity contribution in [2.24, 2.45) is 0 Å². The van der Waals surface area contributed by atoms with Gasteiger partial charge in [-0.25, -0.2) is 0 Å². The minimum absolute atomic E-state index is 0.611. The van der Waals surface area contributed by atoms with Crippen molar-refractivity contribution in [2.75, 3.05) is 20.3 Å². The van der Waals surface area contributed by atoms with Crippen molar-refractivity contribution >= 4 is 16.2 Å². The predicted octanol–water partition coefficient (Wildman–Crippen LogP) is 0.695. The maximum atomic E-state index is 8.28. The van der Waals surface area contributed by atoms with Crippen molar-refractivity contribution in [2.45, 2.75) is 19.8 Å². The quantitative estimate of drug-likeness (QED) is 0.603. The van der Waals surface area contributed by atoms with Gasteiger partial charge in [-0.15, -0.1) is 0 Å². The second kappa shape index (κ2) is 7.33. The molecule has 12 heavy (non-hydrogen) atoms. The van der Waals surface area contributed by atoms with Gasteiger partial charge in [-0.2, -0.15) is 0 Å². The Morgan fingerprint density at radius 3 is 2.50 bits per heavy atom. The van der Waals surface area contributed by atoms with Gasteiger partial charge >= 0.3 is 20.0 Å². The molecule has 1 aliphatic heterocycles. The van der Waals surface area contributed by atoms with E-state index < -0.39 is 0 Å². The maximum absolute atomic E-state index is 8.28. The van der Waals surface area contributed by atoms with Crippen LogP contribution in [0.25, 0.3) is 0 Å². The van der Waals surface area contributed by atoms with Gasteiger partial charge in [0, 0.05) is 26.0 Å². The molecule has 0 bridgehead atoms. The molecule has 0 atom stereocenters.